The summed E-state index contributed by atoms with van der Waals surface area (Å²) < 4.78 is 40.0. The molecule has 6 heteroatoms. The molecule has 1 heterocycles. The number of alkyl halides is 3. The van der Waals surface area contributed by atoms with Crippen LogP contribution >= 0.6 is 0 Å². The van der Waals surface area contributed by atoms with Crippen LogP contribution in [-0.4, -0.2) is 36.5 Å². The summed E-state index contributed by atoms with van der Waals surface area (Å²) in [7, 11) is 1.36. The quantitative estimate of drug-likeness (QED) is 0.794. The summed E-state index contributed by atoms with van der Waals surface area (Å²) in [5, 5.41) is 3.70. The van der Waals surface area contributed by atoms with Gasteiger partial charge in [0.1, 0.15) is 13.2 Å². The second-order valence-electron chi connectivity index (χ2n) is 5.18. The summed E-state index contributed by atoms with van der Waals surface area (Å²) in [6.45, 7) is 2.13. The van der Waals surface area contributed by atoms with E-state index in [4.69, 9.17) is 0 Å². The van der Waals surface area contributed by atoms with Gasteiger partial charge in [-0.1, -0.05) is 35.5 Å². The third-order valence-corrected chi connectivity index (χ3v) is 3.87. The number of oxime groups is 1. The number of piperidine rings is 1. The van der Waals surface area contributed by atoms with Gasteiger partial charge in [-0.3, -0.25) is 4.90 Å². The van der Waals surface area contributed by atoms with Crippen molar-refractivity contribution in [2.45, 2.75) is 38.0 Å². The van der Waals surface area contributed by atoms with Crippen molar-refractivity contribution in [2.24, 2.45) is 5.16 Å². The van der Waals surface area contributed by atoms with E-state index in [9.17, 15) is 13.2 Å². The predicted octanol–water partition coefficient (Wildman–Crippen LogP) is 3.78. The van der Waals surface area contributed by atoms with Crippen LogP contribution in [0.3, 0.4) is 0 Å². The molecule has 3 nitrogen and oxygen atoms in total. The van der Waals surface area contributed by atoms with Crippen LogP contribution in [0.4, 0.5) is 13.2 Å². The zero-order valence-electron chi connectivity index (χ0n) is 12.1. The minimum Gasteiger partial charge on any atom is -0.399 e. The molecule has 1 aromatic rings. The molecule has 1 aliphatic heterocycles. The maximum Gasteiger partial charge on any atom is 0.404 e. The molecule has 0 radical (unpaired) electrons. The summed E-state index contributed by atoms with van der Waals surface area (Å²) in [4.78, 5) is 6.13. The fourth-order valence-electron chi connectivity index (χ4n) is 2.76. The monoisotopic (exact) mass is 300 g/mol. The van der Waals surface area contributed by atoms with Crippen molar-refractivity contribution in [3.8, 4) is 0 Å². The molecular weight excluding hydrogens is 281 g/mol. The zero-order valence-corrected chi connectivity index (χ0v) is 12.1. The molecule has 0 amide bonds. The molecular formula is C15H19F3N2O. The third kappa shape index (κ3) is 3.75. The summed E-state index contributed by atoms with van der Waals surface area (Å²) in [6.07, 6.45) is -3.91. The standard InChI is InChI=1S/C15H19F3N2O/c1-11(12-6-4-3-5-7-12)20-9-8-13(19-21-2)10-14(20)15(16,17)18/h3-7,11,14H,8-10H2,1-2H3/b19-13-/t11-,14-/m0/s1. The third-order valence-electron chi connectivity index (χ3n) is 3.87. The number of halogens is 3. The number of rotatable bonds is 3. The molecule has 0 N–H and O–H groups in total. The van der Waals surface area contributed by atoms with Gasteiger partial charge in [0.2, 0.25) is 0 Å². The molecule has 0 bridgehead atoms. The Morgan fingerprint density at radius 1 is 1.29 bits per heavy atom. The molecule has 1 saturated heterocycles. The number of likely N-dealkylation sites (tertiary alicyclic amines) is 1. The van der Waals surface area contributed by atoms with Gasteiger partial charge in [-0.25, -0.2) is 0 Å². The normalized spacial score (nSPS) is 24.0. The van der Waals surface area contributed by atoms with Gasteiger partial charge in [-0.05, 0) is 12.5 Å². The molecule has 0 aliphatic carbocycles. The highest BCUT2D eigenvalue weighted by Gasteiger charge is 2.47. The van der Waals surface area contributed by atoms with E-state index in [-0.39, 0.29) is 12.5 Å². The number of benzene rings is 1. The Kier molecular flexibility index (Phi) is 4.88. The fraction of sp³-hybridized carbons (Fsp3) is 0.533. The SMILES string of the molecule is CO/N=C1/CCN([C@@H](C)c2ccccc2)[C@H](C(F)(F)F)C1. The van der Waals surface area contributed by atoms with E-state index in [0.717, 1.165) is 5.56 Å². The van der Waals surface area contributed by atoms with Gasteiger partial charge in [0, 0.05) is 25.4 Å². The first-order valence-corrected chi connectivity index (χ1v) is 6.89. The average molecular weight is 300 g/mol. The number of nitrogens with zero attached hydrogens (tertiary/aromatic N) is 2. The lowest BCUT2D eigenvalue weighted by Gasteiger charge is -2.41. The predicted molar refractivity (Wildman–Crippen MR) is 75.1 cm³/mol. The highest BCUT2D eigenvalue weighted by molar-refractivity contribution is 5.85. The molecule has 0 unspecified atom stereocenters. The maximum absolute atomic E-state index is 13.3. The molecule has 1 fully saturated rings. The van der Waals surface area contributed by atoms with Gasteiger partial charge in [0.15, 0.2) is 0 Å². The summed E-state index contributed by atoms with van der Waals surface area (Å²) in [5.74, 6) is 0. The van der Waals surface area contributed by atoms with Gasteiger partial charge in [0.25, 0.3) is 0 Å². The van der Waals surface area contributed by atoms with Crippen LogP contribution in [0.5, 0.6) is 0 Å². The van der Waals surface area contributed by atoms with Crippen molar-refractivity contribution in [1.29, 1.82) is 0 Å². The van der Waals surface area contributed by atoms with Crippen LogP contribution in [0.25, 0.3) is 0 Å². The molecule has 2 rings (SSSR count). The highest BCUT2D eigenvalue weighted by Crippen LogP contribution is 2.36. The topological polar surface area (TPSA) is 24.8 Å². The molecule has 21 heavy (non-hydrogen) atoms. The highest BCUT2D eigenvalue weighted by atomic mass is 19.4. The lowest BCUT2D eigenvalue weighted by atomic mass is 9.95. The summed E-state index contributed by atoms with van der Waals surface area (Å²) in [6, 6.07) is 7.45. The number of hydrogen-bond acceptors (Lipinski definition) is 3. The van der Waals surface area contributed by atoms with E-state index < -0.39 is 12.2 Å². The first kappa shape index (κ1) is 15.8. The van der Waals surface area contributed by atoms with Gasteiger partial charge in [-0.2, -0.15) is 13.2 Å². The van der Waals surface area contributed by atoms with Crippen LogP contribution in [-0.2, 0) is 4.84 Å². The van der Waals surface area contributed by atoms with E-state index in [1.165, 1.54) is 12.0 Å². The molecule has 116 valence electrons. The van der Waals surface area contributed by atoms with Gasteiger partial charge >= 0.3 is 6.18 Å². The van der Waals surface area contributed by atoms with Gasteiger partial charge in [-0.15, -0.1) is 0 Å². The molecule has 1 aliphatic rings. The summed E-state index contributed by atoms with van der Waals surface area (Å²) >= 11 is 0. The molecule has 1 aromatic carbocycles. The van der Waals surface area contributed by atoms with E-state index in [2.05, 4.69) is 9.99 Å². The Morgan fingerprint density at radius 3 is 2.52 bits per heavy atom. The number of hydrogen-bond donors (Lipinski definition) is 0. The van der Waals surface area contributed by atoms with E-state index in [0.29, 0.717) is 18.7 Å². The average Bonchev–Trinajstić information content (AvgIpc) is 2.47. The van der Waals surface area contributed by atoms with E-state index in [1.54, 1.807) is 0 Å². The minimum absolute atomic E-state index is 0.130. The lowest BCUT2D eigenvalue weighted by molar-refractivity contribution is -0.189. The fourth-order valence-corrected chi connectivity index (χ4v) is 2.76. The first-order chi connectivity index (χ1) is 9.93. The zero-order chi connectivity index (χ0) is 15.5. The van der Waals surface area contributed by atoms with Crippen molar-refractivity contribution >= 4 is 5.71 Å². The van der Waals surface area contributed by atoms with Crippen LogP contribution < -0.4 is 0 Å². The van der Waals surface area contributed by atoms with Crippen molar-refractivity contribution in [3.63, 3.8) is 0 Å². The smallest absolute Gasteiger partial charge is 0.399 e. The van der Waals surface area contributed by atoms with Crippen molar-refractivity contribution in [2.75, 3.05) is 13.7 Å². The van der Waals surface area contributed by atoms with E-state index in [1.807, 2.05) is 37.3 Å². The van der Waals surface area contributed by atoms with Crippen LogP contribution in [0.1, 0.15) is 31.4 Å². The Hall–Kier alpha value is -1.56. The Morgan fingerprint density at radius 2 is 1.95 bits per heavy atom. The maximum atomic E-state index is 13.3. The Labute approximate surface area is 122 Å². The Bertz CT molecular complexity index is 487. The molecule has 2 atom stereocenters. The second-order valence-corrected chi connectivity index (χ2v) is 5.18. The largest absolute Gasteiger partial charge is 0.404 e. The van der Waals surface area contributed by atoms with Gasteiger partial charge in [0.05, 0.1) is 5.71 Å². The minimum atomic E-state index is -4.28. The first-order valence-electron chi connectivity index (χ1n) is 6.89. The lowest BCUT2D eigenvalue weighted by Crippen LogP contribution is -2.51. The van der Waals surface area contributed by atoms with Crippen LogP contribution in [0.15, 0.2) is 35.5 Å². The van der Waals surface area contributed by atoms with Crippen molar-refractivity contribution < 1.29 is 18.0 Å². The van der Waals surface area contributed by atoms with Crippen molar-refractivity contribution in [1.82, 2.24) is 4.90 Å². The van der Waals surface area contributed by atoms with Crippen molar-refractivity contribution in [3.05, 3.63) is 35.9 Å². The molecule has 0 aromatic heterocycles. The van der Waals surface area contributed by atoms with Crippen LogP contribution in [0.2, 0.25) is 0 Å². The van der Waals surface area contributed by atoms with Crippen LogP contribution in [0, 0.1) is 0 Å². The second kappa shape index (κ2) is 6.47. The molecule has 0 saturated carbocycles. The Balaban J connectivity index is 2.23. The summed E-state index contributed by atoms with van der Waals surface area (Å²) in [5.41, 5.74) is 1.36. The van der Waals surface area contributed by atoms with E-state index >= 15 is 0 Å². The molecule has 0 spiro atoms. The van der Waals surface area contributed by atoms with Gasteiger partial charge < -0.3 is 4.84 Å².